The Hall–Kier alpha value is -4.15. The molecule has 0 aliphatic carbocycles. The van der Waals surface area contributed by atoms with Crippen LogP contribution in [0.3, 0.4) is 0 Å². The summed E-state index contributed by atoms with van der Waals surface area (Å²) < 4.78 is 62.4. The van der Waals surface area contributed by atoms with E-state index >= 15 is 4.39 Å². The zero-order valence-corrected chi connectivity index (χ0v) is 19.3. The van der Waals surface area contributed by atoms with Gasteiger partial charge in [-0.15, -0.1) is 5.10 Å². The van der Waals surface area contributed by atoms with Crippen LogP contribution in [0.15, 0.2) is 65.6 Å². The molecule has 2 aromatic heterocycles. The molecule has 188 valence electrons. The second-order valence-corrected chi connectivity index (χ2v) is 8.17. The van der Waals surface area contributed by atoms with Gasteiger partial charge >= 0.3 is 11.9 Å². The van der Waals surface area contributed by atoms with Crippen molar-refractivity contribution in [3.05, 3.63) is 88.2 Å². The molecule has 0 saturated carbocycles. The van der Waals surface area contributed by atoms with Crippen LogP contribution in [0.25, 0.3) is 11.3 Å². The summed E-state index contributed by atoms with van der Waals surface area (Å²) in [5.74, 6) is -1.85. The third-order valence-corrected chi connectivity index (χ3v) is 5.42. The van der Waals surface area contributed by atoms with Crippen LogP contribution in [-0.4, -0.2) is 26.2 Å². The number of benzene rings is 2. The summed E-state index contributed by atoms with van der Waals surface area (Å²) in [7, 11) is 0. The van der Waals surface area contributed by atoms with Gasteiger partial charge in [-0.3, -0.25) is 4.79 Å². The van der Waals surface area contributed by atoms with Gasteiger partial charge in [0.05, 0.1) is 17.2 Å². The number of hydrogen-bond acceptors (Lipinski definition) is 4. The summed E-state index contributed by atoms with van der Waals surface area (Å²) in [5.41, 5.74) is -1.88. The number of alkyl halides is 3. The van der Waals surface area contributed by atoms with Crippen molar-refractivity contribution >= 4 is 17.2 Å². The predicted octanol–water partition coefficient (Wildman–Crippen LogP) is 5.46. The second kappa shape index (κ2) is 9.84. The van der Waals surface area contributed by atoms with Gasteiger partial charge in [0.15, 0.2) is 5.65 Å². The Bertz CT molecular complexity index is 1480. The topological polar surface area (TPSA) is 77.6 Å². The fourth-order valence-electron chi connectivity index (χ4n) is 3.72. The van der Waals surface area contributed by atoms with E-state index in [0.29, 0.717) is 6.42 Å². The molecule has 0 aliphatic rings. The summed E-state index contributed by atoms with van der Waals surface area (Å²) in [6.07, 6.45) is -2.09. The number of hydrogen-bond donors (Lipinski definition) is 1. The number of nitrogens with zero attached hydrogens (tertiary/aromatic N) is 3. The number of carbonyl (C=O) groups is 1. The minimum atomic E-state index is -4.60. The van der Waals surface area contributed by atoms with E-state index < -0.39 is 29.2 Å². The SMILES string of the molecule is CCC[C@H](C)Oc1cc(-n2nc3ccccn3c2=O)c(F)cc1C(=O)Nc1cccc(C(F)(F)F)c1. The van der Waals surface area contributed by atoms with Crippen molar-refractivity contribution in [1.82, 2.24) is 14.2 Å². The number of pyridine rings is 1. The molecule has 0 bridgehead atoms. The van der Waals surface area contributed by atoms with Crippen LogP contribution in [0.2, 0.25) is 0 Å². The lowest BCUT2D eigenvalue weighted by Crippen LogP contribution is -2.22. The normalized spacial score (nSPS) is 12.5. The Morgan fingerprint density at radius 2 is 1.92 bits per heavy atom. The standard InChI is InChI=1S/C25H22F4N4O3/c1-3-7-15(2)36-21-14-20(33-24(35)32-11-5-4-10-22(32)31-33)19(26)13-18(21)23(34)30-17-9-6-8-16(12-17)25(27,28)29/h4-6,8-15H,3,7H2,1-2H3,(H,30,34)/t15-/m0/s1. The van der Waals surface area contributed by atoms with Gasteiger partial charge in [0.2, 0.25) is 0 Å². The van der Waals surface area contributed by atoms with Crippen molar-refractivity contribution in [1.29, 1.82) is 0 Å². The minimum Gasteiger partial charge on any atom is -0.490 e. The molecule has 4 aromatic rings. The Morgan fingerprint density at radius 1 is 1.14 bits per heavy atom. The van der Waals surface area contributed by atoms with E-state index in [1.165, 1.54) is 22.7 Å². The molecular weight excluding hydrogens is 480 g/mol. The highest BCUT2D eigenvalue weighted by atomic mass is 19.4. The van der Waals surface area contributed by atoms with Gasteiger partial charge < -0.3 is 10.1 Å². The average molecular weight is 502 g/mol. The number of rotatable bonds is 7. The van der Waals surface area contributed by atoms with Gasteiger partial charge in [-0.05, 0) is 49.7 Å². The molecule has 11 heteroatoms. The number of carbonyl (C=O) groups excluding carboxylic acids is 1. The molecule has 1 atom stereocenters. The first-order chi connectivity index (χ1) is 17.1. The van der Waals surface area contributed by atoms with Gasteiger partial charge in [-0.25, -0.2) is 13.6 Å². The van der Waals surface area contributed by atoms with Gasteiger partial charge in [-0.1, -0.05) is 25.5 Å². The molecule has 0 fully saturated rings. The molecule has 0 spiro atoms. The lowest BCUT2D eigenvalue weighted by molar-refractivity contribution is -0.137. The molecule has 0 unspecified atom stereocenters. The lowest BCUT2D eigenvalue weighted by atomic mass is 10.1. The van der Waals surface area contributed by atoms with E-state index in [1.54, 1.807) is 25.1 Å². The minimum absolute atomic E-state index is 0.0409. The first kappa shape index (κ1) is 25.0. The van der Waals surface area contributed by atoms with Gasteiger partial charge in [0.1, 0.15) is 17.3 Å². The first-order valence-electron chi connectivity index (χ1n) is 11.1. The Balaban J connectivity index is 1.76. The van der Waals surface area contributed by atoms with E-state index in [9.17, 15) is 22.8 Å². The first-order valence-corrected chi connectivity index (χ1v) is 11.1. The van der Waals surface area contributed by atoms with E-state index in [-0.39, 0.29) is 34.4 Å². The molecule has 7 nitrogen and oxygen atoms in total. The van der Waals surface area contributed by atoms with Crippen LogP contribution in [-0.2, 0) is 6.18 Å². The van der Waals surface area contributed by atoms with E-state index in [4.69, 9.17) is 4.74 Å². The smallest absolute Gasteiger partial charge is 0.416 e. The van der Waals surface area contributed by atoms with Crippen LogP contribution >= 0.6 is 0 Å². The average Bonchev–Trinajstić information content (AvgIpc) is 3.16. The molecule has 2 heterocycles. The van der Waals surface area contributed by atoms with Crippen molar-refractivity contribution in [3.63, 3.8) is 0 Å². The highest BCUT2D eigenvalue weighted by molar-refractivity contribution is 6.06. The lowest BCUT2D eigenvalue weighted by Gasteiger charge is -2.18. The Kier molecular flexibility index (Phi) is 6.82. The molecule has 1 N–H and O–H groups in total. The maximum atomic E-state index is 15.2. The summed E-state index contributed by atoms with van der Waals surface area (Å²) in [6.45, 7) is 3.70. The molecular formula is C25H22F4N4O3. The highest BCUT2D eigenvalue weighted by Crippen LogP contribution is 2.32. The van der Waals surface area contributed by atoms with Crippen molar-refractivity contribution in [2.24, 2.45) is 0 Å². The van der Waals surface area contributed by atoms with E-state index in [2.05, 4.69) is 10.4 Å². The fraction of sp³-hybridized carbons (Fsp3) is 0.240. The van der Waals surface area contributed by atoms with Crippen molar-refractivity contribution in [2.75, 3.05) is 5.32 Å². The quantitative estimate of drug-likeness (QED) is 0.341. The highest BCUT2D eigenvalue weighted by Gasteiger charge is 2.30. The number of ether oxygens (including phenoxy) is 1. The largest absolute Gasteiger partial charge is 0.490 e. The predicted molar refractivity (Wildman–Crippen MR) is 125 cm³/mol. The van der Waals surface area contributed by atoms with Crippen LogP contribution < -0.4 is 15.7 Å². The number of nitrogens with one attached hydrogen (secondary N) is 1. The molecule has 4 rings (SSSR count). The second-order valence-electron chi connectivity index (χ2n) is 8.17. The van der Waals surface area contributed by atoms with Crippen molar-refractivity contribution in [3.8, 4) is 11.4 Å². The summed E-state index contributed by atoms with van der Waals surface area (Å²) in [5, 5.41) is 6.50. The molecule has 1 amide bonds. The number of anilines is 1. The van der Waals surface area contributed by atoms with Crippen LogP contribution in [0, 0.1) is 5.82 Å². The molecule has 0 aliphatic heterocycles. The zero-order chi connectivity index (χ0) is 26.0. The van der Waals surface area contributed by atoms with Gasteiger partial charge in [0, 0.05) is 18.0 Å². The maximum absolute atomic E-state index is 15.2. The fourth-order valence-corrected chi connectivity index (χ4v) is 3.72. The maximum Gasteiger partial charge on any atom is 0.416 e. The van der Waals surface area contributed by atoms with E-state index in [1.807, 2.05) is 6.92 Å². The molecule has 0 radical (unpaired) electrons. The monoisotopic (exact) mass is 502 g/mol. The summed E-state index contributed by atoms with van der Waals surface area (Å²) in [6, 6.07) is 11.0. The Morgan fingerprint density at radius 3 is 2.61 bits per heavy atom. The zero-order valence-electron chi connectivity index (χ0n) is 19.3. The van der Waals surface area contributed by atoms with Crippen molar-refractivity contribution < 1.29 is 27.1 Å². The van der Waals surface area contributed by atoms with Gasteiger partial charge in [0.25, 0.3) is 5.91 Å². The Labute approximate surface area is 202 Å². The van der Waals surface area contributed by atoms with Crippen LogP contribution in [0.1, 0.15) is 42.6 Å². The molecule has 0 saturated heterocycles. The van der Waals surface area contributed by atoms with Crippen LogP contribution in [0.5, 0.6) is 5.75 Å². The van der Waals surface area contributed by atoms with Gasteiger partial charge in [-0.2, -0.15) is 17.9 Å². The number of amides is 1. The molecule has 36 heavy (non-hydrogen) atoms. The summed E-state index contributed by atoms with van der Waals surface area (Å²) >= 11 is 0. The third kappa shape index (κ3) is 5.09. The summed E-state index contributed by atoms with van der Waals surface area (Å²) in [4.78, 5) is 25.8. The molecule has 2 aromatic carbocycles. The third-order valence-electron chi connectivity index (χ3n) is 5.42. The number of fused-ring (bicyclic) bond motifs is 1. The van der Waals surface area contributed by atoms with Crippen LogP contribution in [0.4, 0.5) is 23.2 Å². The number of aromatic nitrogens is 3. The van der Waals surface area contributed by atoms with Crippen molar-refractivity contribution in [2.45, 2.75) is 39.0 Å². The number of halogens is 4. The van der Waals surface area contributed by atoms with E-state index in [0.717, 1.165) is 35.4 Å².